The predicted octanol–water partition coefficient (Wildman–Crippen LogP) is 1.60. The first-order valence-corrected chi connectivity index (χ1v) is 4.39. The zero-order valence-corrected chi connectivity index (χ0v) is 7.06. The van der Waals surface area contributed by atoms with E-state index >= 15 is 0 Å². The van der Waals surface area contributed by atoms with E-state index in [9.17, 15) is 0 Å². The molecule has 0 aromatic carbocycles. The van der Waals surface area contributed by atoms with Crippen LogP contribution in [0.2, 0.25) is 0 Å². The lowest BCUT2D eigenvalue weighted by Crippen LogP contribution is -2.24. The second-order valence-electron chi connectivity index (χ2n) is 2.85. The molecule has 0 fully saturated rings. The van der Waals surface area contributed by atoms with Gasteiger partial charge in [0.1, 0.15) is 0 Å². The van der Waals surface area contributed by atoms with Crippen molar-refractivity contribution < 1.29 is 0 Å². The van der Waals surface area contributed by atoms with Crippen LogP contribution in [0.5, 0.6) is 0 Å². The van der Waals surface area contributed by atoms with Gasteiger partial charge in [-0.25, -0.2) is 0 Å². The highest BCUT2D eigenvalue weighted by Gasteiger charge is 2.16. The van der Waals surface area contributed by atoms with Crippen molar-refractivity contribution in [3.63, 3.8) is 0 Å². The van der Waals surface area contributed by atoms with E-state index < -0.39 is 0 Å². The molecule has 2 N–H and O–H groups in total. The summed E-state index contributed by atoms with van der Waals surface area (Å²) in [4.78, 5) is 0. The maximum Gasteiger partial charge on any atom is 0.0171 e. The molecule has 2 heteroatoms. The second-order valence-corrected chi connectivity index (χ2v) is 3.51. The Morgan fingerprint density at radius 1 is 1.60 bits per heavy atom. The van der Waals surface area contributed by atoms with Crippen LogP contribution in [0.4, 0.5) is 0 Å². The largest absolute Gasteiger partial charge is 0.329 e. The third-order valence-electron chi connectivity index (χ3n) is 2.10. The molecular formula is C8H15NS. The minimum absolute atomic E-state index is 0.407. The second kappa shape index (κ2) is 4.04. The summed E-state index contributed by atoms with van der Waals surface area (Å²) in [7, 11) is 0. The quantitative estimate of drug-likeness (QED) is 0.462. The molecule has 0 bridgehead atoms. The third-order valence-corrected chi connectivity index (χ3v) is 2.73. The highest BCUT2D eigenvalue weighted by Crippen LogP contribution is 2.23. The molecule has 1 rings (SSSR count). The molecule has 1 aliphatic rings. The third kappa shape index (κ3) is 2.03. The molecule has 0 heterocycles. The molecule has 0 radical (unpaired) electrons. The van der Waals surface area contributed by atoms with Gasteiger partial charge >= 0.3 is 0 Å². The monoisotopic (exact) mass is 157 g/mol. The minimum Gasteiger partial charge on any atom is -0.329 e. The Hall–Kier alpha value is 0.0500. The van der Waals surface area contributed by atoms with Crippen LogP contribution in [0, 0.1) is 5.92 Å². The lowest BCUT2D eigenvalue weighted by atomic mass is 9.91. The van der Waals surface area contributed by atoms with E-state index in [1.54, 1.807) is 0 Å². The van der Waals surface area contributed by atoms with E-state index in [2.05, 4.69) is 24.8 Å². The Labute approximate surface area is 68.1 Å². The van der Waals surface area contributed by atoms with Gasteiger partial charge in [0.25, 0.3) is 0 Å². The SMILES string of the molecule is NCC(S)C1CC=CCC1. The highest BCUT2D eigenvalue weighted by molar-refractivity contribution is 7.81. The molecule has 1 nitrogen and oxygen atoms in total. The van der Waals surface area contributed by atoms with Crippen molar-refractivity contribution in [2.45, 2.75) is 24.5 Å². The number of thiol groups is 1. The van der Waals surface area contributed by atoms with Gasteiger partial charge in [-0.3, -0.25) is 0 Å². The van der Waals surface area contributed by atoms with Crippen LogP contribution in [0.1, 0.15) is 19.3 Å². The smallest absolute Gasteiger partial charge is 0.0171 e. The van der Waals surface area contributed by atoms with Crippen LogP contribution < -0.4 is 5.73 Å². The van der Waals surface area contributed by atoms with Gasteiger partial charge < -0.3 is 5.73 Å². The van der Waals surface area contributed by atoms with Gasteiger partial charge in [0.2, 0.25) is 0 Å². The Balaban J connectivity index is 2.33. The van der Waals surface area contributed by atoms with Gasteiger partial charge in [-0.15, -0.1) is 0 Å². The van der Waals surface area contributed by atoms with Crippen LogP contribution in [0.15, 0.2) is 12.2 Å². The van der Waals surface area contributed by atoms with E-state index in [1.807, 2.05) is 0 Å². The summed E-state index contributed by atoms with van der Waals surface area (Å²) >= 11 is 4.41. The maximum absolute atomic E-state index is 5.50. The van der Waals surface area contributed by atoms with Crippen LogP contribution in [0.25, 0.3) is 0 Å². The van der Waals surface area contributed by atoms with Crippen LogP contribution in [-0.4, -0.2) is 11.8 Å². The summed E-state index contributed by atoms with van der Waals surface area (Å²) in [5.41, 5.74) is 5.50. The van der Waals surface area contributed by atoms with Crippen molar-refractivity contribution in [3.8, 4) is 0 Å². The molecule has 0 saturated heterocycles. The summed E-state index contributed by atoms with van der Waals surface area (Å²) in [5, 5.41) is 0.407. The molecule has 0 aromatic rings. The summed E-state index contributed by atoms with van der Waals surface area (Å²) in [5.74, 6) is 0.721. The summed E-state index contributed by atoms with van der Waals surface area (Å²) in [6.45, 7) is 0.710. The van der Waals surface area contributed by atoms with Crippen molar-refractivity contribution in [1.29, 1.82) is 0 Å². The van der Waals surface area contributed by atoms with Gasteiger partial charge in [0, 0.05) is 11.8 Å². The van der Waals surface area contributed by atoms with Gasteiger partial charge in [0.05, 0.1) is 0 Å². The fourth-order valence-corrected chi connectivity index (χ4v) is 1.63. The van der Waals surface area contributed by atoms with Crippen LogP contribution in [-0.2, 0) is 0 Å². The van der Waals surface area contributed by atoms with E-state index in [0.29, 0.717) is 11.8 Å². The number of hydrogen-bond acceptors (Lipinski definition) is 2. The van der Waals surface area contributed by atoms with Crippen LogP contribution >= 0.6 is 12.6 Å². The fraction of sp³-hybridized carbons (Fsp3) is 0.750. The van der Waals surface area contributed by atoms with Gasteiger partial charge in [-0.05, 0) is 25.2 Å². The molecule has 0 amide bonds. The van der Waals surface area contributed by atoms with Crippen molar-refractivity contribution in [3.05, 3.63) is 12.2 Å². The zero-order chi connectivity index (χ0) is 7.40. The number of rotatable bonds is 2. The predicted molar refractivity (Wildman–Crippen MR) is 48.3 cm³/mol. The minimum atomic E-state index is 0.407. The van der Waals surface area contributed by atoms with Gasteiger partial charge in [0.15, 0.2) is 0 Å². The summed E-state index contributed by atoms with van der Waals surface area (Å²) < 4.78 is 0. The standard InChI is InChI=1S/C8H15NS/c9-6-8(10)7-4-2-1-3-5-7/h1-2,7-8,10H,3-6,9H2. The molecule has 0 saturated carbocycles. The number of nitrogens with two attached hydrogens (primary N) is 1. The average molecular weight is 157 g/mol. The van der Waals surface area contributed by atoms with Gasteiger partial charge in [-0.2, -0.15) is 12.6 Å². The first-order chi connectivity index (χ1) is 4.84. The lowest BCUT2D eigenvalue weighted by Gasteiger charge is -2.22. The Morgan fingerprint density at radius 2 is 2.40 bits per heavy atom. The van der Waals surface area contributed by atoms with E-state index in [-0.39, 0.29) is 0 Å². The van der Waals surface area contributed by atoms with Crippen LogP contribution in [0.3, 0.4) is 0 Å². The molecule has 0 aromatic heterocycles. The Morgan fingerprint density at radius 3 is 2.90 bits per heavy atom. The normalized spacial score (nSPS) is 28.4. The molecule has 2 unspecified atom stereocenters. The number of allylic oxidation sites excluding steroid dienone is 2. The summed E-state index contributed by atoms with van der Waals surface area (Å²) in [6, 6.07) is 0. The molecule has 10 heavy (non-hydrogen) atoms. The fourth-order valence-electron chi connectivity index (χ4n) is 1.36. The molecule has 2 atom stereocenters. The zero-order valence-electron chi connectivity index (χ0n) is 6.16. The first kappa shape index (κ1) is 8.15. The van der Waals surface area contributed by atoms with E-state index in [0.717, 1.165) is 5.92 Å². The molecule has 0 spiro atoms. The van der Waals surface area contributed by atoms with Crippen molar-refractivity contribution in [2.75, 3.05) is 6.54 Å². The first-order valence-electron chi connectivity index (χ1n) is 3.87. The molecule has 0 aliphatic heterocycles. The molecule has 1 aliphatic carbocycles. The Bertz CT molecular complexity index is 122. The van der Waals surface area contributed by atoms with Crippen molar-refractivity contribution in [2.24, 2.45) is 11.7 Å². The highest BCUT2D eigenvalue weighted by atomic mass is 32.1. The van der Waals surface area contributed by atoms with Crippen molar-refractivity contribution in [1.82, 2.24) is 0 Å². The van der Waals surface area contributed by atoms with E-state index in [1.165, 1.54) is 19.3 Å². The average Bonchev–Trinajstić information content (AvgIpc) is 2.05. The topological polar surface area (TPSA) is 26.0 Å². The molecule has 58 valence electrons. The van der Waals surface area contributed by atoms with Gasteiger partial charge in [-0.1, -0.05) is 12.2 Å². The van der Waals surface area contributed by atoms with Crippen molar-refractivity contribution >= 4 is 12.6 Å². The summed E-state index contributed by atoms with van der Waals surface area (Å²) in [6.07, 6.45) is 8.13. The maximum atomic E-state index is 5.50. The Kier molecular flexibility index (Phi) is 3.29. The molecular weight excluding hydrogens is 142 g/mol. The van der Waals surface area contributed by atoms with E-state index in [4.69, 9.17) is 5.73 Å². The number of hydrogen-bond donors (Lipinski definition) is 2. The lowest BCUT2D eigenvalue weighted by molar-refractivity contribution is 0.465.